The lowest BCUT2D eigenvalue weighted by atomic mass is 9.65. The van der Waals surface area contributed by atoms with Gasteiger partial charge < -0.3 is 20.4 Å². The first kappa shape index (κ1) is 23.1. The first-order chi connectivity index (χ1) is 16.1. The van der Waals surface area contributed by atoms with Gasteiger partial charge in [0.1, 0.15) is 11.2 Å². The lowest BCUT2D eigenvalue weighted by molar-refractivity contribution is -0.125. The fourth-order valence-corrected chi connectivity index (χ4v) is 6.68. The van der Waals surface area contributed by atoms with Crippen LogP contribution in [0, 0.1) is 5.41 Å². The van der Waals surface area contributed by atoms with E-state index < -0.39 is 12.6 Å². The first-order valence-electron chi connectivity index (χ1n) is 11.4. The average molecular weight is 492 g/mol. The number of carbonyl (C=O) groups is 1. The van der Waals surface area contributed by atoms with E-state index in [4.69, 9.17) is 0 Å². The van der Waals surface area contributed by atoms with Crippen molar-refractivity contribution >= 4 is 29.7 Å². The van der Waals surface area contributed by atoms with Crippen LogP contribution in [0.25, 0.3) is 0 Å². The van der Waals surface area contributed by atoms with Crippen LogP contribution in [0.2, 0.25) is 0 Å². The average Bonchev–Trinajstić information content (AvgIpc) is 3.38. The third-order valence-electron chi connectivity index (χ3n) is 7.05. The van der Waals surface area contributed by atoms with Crippen LogP contribution >= 0.6 is 11.8 Å². The number of alkyl halides is 3. The van der Waals surface area contributed by atoms with Gasteiger partial charge in [-0.2, -0.15) is 13.2 Å². The molecule has 2 fully saturated rings. The number of thioether (sulfide) groups is 1. The molecule has 1 atom stereocenters. The van der Waals surface area contributed by atoms with Gasteiger partial charge in [-0.05, 0) is 59.9 Å². The number of rotatable bonds is 5. The summed E-state index contributed by atoms with van der Waals surface area (Å²) in [5.74, 6) is 0.723. The Morgan fingerprint density at radius 1 is 1.26 bits per heavy atom. The fraction of sp³-hybridized carbons (Fsp3) is 0.500. The zero-order valence-electron chi connectivity index (χ0n) is 19.2. The van der Waals surface area contributed by atoms with E-state index in [9.17, 15) is 18.0 Å². The molecule has 0 radical (unpaired) electrons. The maximum absolute atomic E-state index is 13.0. The predicted molar refractivity (Wildman–Crippen MR) is 129 cm³/mol. The van der Waals surface area contributed by atoms with E-state index in [2.05, 4.69) is 20.5 Å². The van der Waals surface area contributed by atoms with Crippen molar-refractivity contribution in [1.29, 1.82) is 0 Å². The van der Waals surface area contributed by atoms with E-state index in [1.54, 1.807) is 19.5 Å². The summed E-state index contributed by atoms with van der Waals surface area (Å²) in [5, 5.41) is 6.04. The summed E-state index contributed by atoms with van der Waals surface area (Å²) >= 11 is 1.27. The van der Waals surface area contributed by atoms with E-state index in [1.165, 1.54) is 11.8 Å². The molecule has 1 amide bonds. The molecule has 0 aromatic heterocycles. The second-order valence-corrected chi connectivity index (χ2v) is 10.8. The smallest absolute Gasteiger partial charge is 0.382 e. The Hall–Kier alpha value is -2.62. The van der Waals surface area contributed by atoms with Gasteiger partial charge in [0, 0.05) is 50.1 Å². The molecule has 1 saturated carbocycles. The van der Waals surface area contributed by atoms with E-state index in [-0.39, 0.29) is 16.7 Å². The molecule has 1 spiro atoms. The molecule has 1 aliphatic carbocycles. The zero-order chi connectivity index (χ0) is 24.1. The van der Waals surface area contributed by atoms with E-state index in [0.717, 1.165) is 49.4 Å². The van der Waals surface area contributed by atoms with E-state index in [1.807, 2.05) is 36.2 Å². The first-order valence-corrected chi connectivity index (χ1v) is 12.3. The number of fused-ring (bicyclic) bond motifs is 1. The molecule has 3 aliphatic heterocycles. The minimum absolute atomic E-state index is 0.101. The zero-order valence-corrected chi connectivity index (χ0v) is 20.0. The number of amides is 1. The molecule has 4 aliphatic rings. The van der Waals surface area contributed by atoms with Crippen LogP contribution < -0.4 is 10.6 Å². The summed E-state index contributed by atoms with van der Waals surface area (Å²) in [5.41, 5.74) is 2.73. The van der Waals surface area contributed by atoms with E-state index in [0.29, 0.717) is 16.5 Å². The van der Waals surface area contributed by atoms with Crippen LogP contribution in [0.1, 0.15) is 36.0 Å². The van der Waals surface area contributed by atoms with Gasteiger partial charge in [-0.1, -0.05) is 0 Å². The molecule has 1 aromatic rings. The molecule has 6 nitrogen and oxygen atoms in total. The summed E-state index contributed by atoms with van der Waals surface area (Å²) in [4.78, 5) is 20.8. The van der Waals surface area contributed by atoms with E-state index >= 15 is 0 Å². The number of benzene rings is 1. The maximum Gasteiger partial charge on any atom is 0.393 e. The highest BCUT2D eigenvalue weighted by molar-refractivity contribution is 8.04. The number of carbonyl (C=O) groups excluding carboxylic acids is 1. The fourth-order valence-electron chi connectivity index (χ4n) is 5.43. The molecule has 1 aromatic carbocycles. The normalized spacial score (nSPS) is 28.2. The van der Waals surface area contributed by atoms with Gasteiger partial charge in [0.2, 0.25) is 0 Å². The summed E-state index contributed by atoms with van der Waals surface area (Å²) in [7, 11) is 3.47. The van der Waals surface area contributed by atoms with Crippen LogP contribution in [-0.2, 0) is 0 Å². The predicted octanol–water partition coefficient (Wildman–Crippen LogP) is 4.41. The lowest BCUT2D eigenvalue weighted by Crippen LogP contribution is -2.47. The molecular formula is C24H28F3N5OS. The lowest BCUT2D eigenvalue weighted by Gasteiger charge is -2.46. The van der Waals surface area contributed by atoms with Crippen LogP contribution in [0.5, 0.6) is 0 Å². The number of allylic oxidation sites excluding steroid dienone is 1. The molecule has 1 saturated heterocycles. The van der Waals surface area contributed by atoms with Gasteiger partial charge >= 0.3 is 6.18 Å². The van der Waals surface area contributed by atoms with Gasteiger partial charge in [-0.25, -0.2) is 4.99 Å². The highest BCUT2D eigenvalue weighted by atomic mass is 32.2. The Morgan fingerprint density at radius 3 is 2.68 bits per heavy atom. The van der Waals surface area contributed by atoms with Crippen LogP contribution in [-0.4, -0.2) is 66.8 Å². The Labute approximate surface area is 201 Å². The summed E-state index contributed by atoms with van der Waals surface area (Å²) in [6, 6.07) is 7.86. The number of aliphatic imine (C=N–C) groups is 1. The molecule has 3 heterocycles. The van der Waals surface area contributed by atoms with Crippen molar-refractivity contribution < 1.29 is 18.0 Å². The monoisotopic (exact) mass is 491 g/mol. The number of halogens is 3. The standard InChI is InChI=1S/C24H28F3N5OS/c1-28-21(33)15-3-5-16(6-4-15)30-17-10-23(11-17)7-8-32(13-23)20-19-9-18(12-24(25,26)27)34-22(19)31(2)14-29-20/h3-6,9,14,17,22,30H,7-8,10-13H2,1-2H3,(H,28,33). The number of hydrogen-bond donors (Lipinski definition) is 2. The van der Waals surface area contributed by atoms with Gasteiger partial charge in [0.15, 0.2) is 0 Å². The summed E-state index contributed by atoms with van der Waals surface area (Å²) in [6.07, 6.45) is 1.48. The Bertz CT molecular complexity index is 1060. The van der Waals surface area contributed by atoms with Gasteiger partial charge in [-0.15, -0.1) is 11.8 Å². The van der Waals surface area contributed by atoms with Gasteiger partial charge in [0.25, 0.3) is 5.91 Å². The molecule has 1 unspecified atom stereocenters. The molecule has 182 valence electrons. The second-order valence-electron chi connectivity index (χ2n) is 9.64. The van der Waals surface area contributed by atoms with Crippen molar-refractivity contribution in [3.8, 4) is 0 Å². The minimum atomic E-state index is -4.21. The number of hydrogen-bond acceptors (Lipinski definition) is 6. The summed E-state index contributed by atoms with van der Waals surface area (Å²) < 4.78 is 38.9. The van der Waals surface area contributed by atoms with Gasteiger partial charge in [0.05, 0.1) is 12.8 Å². The topological polar surface area (TPSA) is 60.0 Å². The number of likely N-dealkylation sites (tertiary alicyclic amines) is 1. The van der Waals surface area contributed by atoms with Gasteiger partial charge in [-0.3, -0.25) is 4.79 Å². The molecule has 5 rings (SSSR count). The second kappa shape index (κ2) is 8.55. The highest BCUT2D eigenvalue weighted by Crippen LogP contribution is 2.52. The third-order valence-corrected chi connectivity index (χ3v) is 8.43. The van der Waals surface area contributed by atoms with Crippen LogP contribution in [0.15, 0.2) is 51.6 Å². The summed E-state index contributed by atoms with van der Waals surface area (Å²) in [6.45, 7) is 1.74. The molecule has 2 N–H and O–H groups in total. The number of likely N-dealkylation sites (N-methyl/N-ethyl adjacent to an activating group) is 1. The number of nitrogens with one attached hydrogen (secondary N) is 2. The van der Waals surface area contributed by atoms with Crippen molar-refractivity contribution in [1.82, 2.24) is 15.1 Å². The third kappa shape index (κ3) is 4.52. The van der Waals surface area contributed by atoms with Crippen molar-refractivity contribution in [2.75, 3.05) is 32.5 Å². The Kier molecular flexibility index (Phi) is 5.82. The largest absolute Gasteiger partial charge is 0.393 e. The number of nitrogens with zero attached hydrogens (tertiary/aromatic N) is 3. The quantitative estimate of drug-likeness (QED) is 0.639. The molecule has 0 bridgehead atoms. The molecular weight excluding hydrogens is 463 g/mol. The van der Waals surface area contributed by atoms with Crippen LogP contribution in [0.4, 0.5) is 18.9 Å². The maximum atomic E-state index is 13.0. The Morgan fingerprint density at radius 2 is 2.00 bits per heavy atom. The molecule has 10 heteroatoms. The number of anilines is 1. The van der Waals surface area contributed by atoms with Crippen molar-refractivity contribution in [3.05, 3.63) is 52.2 Å². The highest BCUT2D eigenvalue weighted by Gasteiger charge is 2.49. The minimum Gasteiger partial charge on any atom is -0.382 e. The van der Waals surface area contributed by atoms with Crippen molar-refractivity contribution in [2.45, 2.75) is 43.3 Å². The van der Waals surface area contributed by atoms with Crippen molar-refractivity contribution in [3.63, 3.8) is 0 Å². The molecule has 34 heavy (non-hydrogen) atoms. The SMILES string of the molecule is CNC(=O)c1ccc(NC2CC3(CCN(C4=C5C=C(CC(F)(F)F)SC5N(C)C=N4)C3)C2)cc1. The van der Waals surface area contributed by atoms with Crippen LogP contribution in [0.3, 0.4) is 0 Å². The Balaban J connectivity index is 1.22. The van der Waals surface area contributed by atoms with Crippen molar-refractivity contribution in [2.24, 2.45) is 10.4 Å².